The number of likely N-dealkylation sites (tertiary alicyclic amines) is 1. The maximum Gasteiger partial charge on any atom is 0.329 e. The Morgan fingerprint density at radius 2 is 2.00 bits per heavy atom. The highest BCUT2D eigenvalue weighted by molar-refractivity contribution is 5.87. The third-order valence-electron chi connectivity index (χ3n) is 4.62. The summed E-state index contributed by atoms with van der Waals surface area (Å²) in [6, 6.07) is -0.152. The Balaban J connectivity index is 2.73. The van der Waals surface area contributed by atoms with E-state index in [-0.39, 0.29) is 12.1 Å². The number of carboxylic acids is 1. The van der Waals surface area contributed by atoms with E-state index in [0.717, 1.165) is 25.7 Å². The fraction of sp³-hybridized carbons (Fsp3) is 0.875. The molecular weight excluding hydrogens is 268 g/mol. The summed E-state index contributed by atoms with van der Waals surface area (Å²) in [4.78, 5) is 25.7. The molecule has 122 valence electrons. The van der Waals surface area contributed by atoms with Crippen molar-refractivity contribution >= 4 is 12.0 Å². The molecule has 2 amide bonds. The Morgan fingerprint density at radius 3 is 2.52 bits per heavy atom. The number of aliphatic carboxylic acids is 1. The van der Waals surface area contributed by atoms with Gasteiger partial charge in [-0.2, -0.15) is 0 Å². The molecule has 1 heterocycles. The van der Waals surface area contributed by atoms with Gasteiger partial charge in [0.1, 0.15) is 5.54 Å². The van der Waals surface area contributed by atoms with Crippen LogP contribution in [0.3, 0.4) is 0 Å². The number of hydrogen-bond donors (Lipinski definition) is 2. The summed E-state index contributed by atoms with van der Waals surface area (Å²) < 4.78 is 0. The molecule has 1 fully saturated rings. The van der Waals surface area contributed by atoms with E-state index in [1.165, 1.54) is 0 Å². The second-order valence-electron chi connectivity index (χ2n) is 6.44. The number of nitrogens with one attached hydrogen (secondary N) is 1. The van der Waals surface area contributed by atoms with Crippen LogP contribution >= 0.6 is 0 Å². The molecule has 0 aromatic rings. The van der Waals surface area contributed by atoms with Gasteiger partial charge in [-0.25, -0.2) is 9.59 Å². The zero-order valence-corrected chi connectivity index (χ0v) is 13.8. The predicted molar refractivity (Wildman–Crippen MR) is 83.3 cm³/mol. The van der Waals surface area contributed by atoms with Crippen LogP contribution in [0.25, 0.3) is 0 Å². The lowest BCUT2D eigenvalue weighted by atomic mass is 9.91. The summed E-state index contributed by atoms with van der Waals surface area (Å²) in [5.74, 6) is -0.315. The molecule has 3 atom stereocenters. The number of nitrogens with zero attached hydrogens (tertiary/aromatic N) is 1. The van der Waals surface area contributed by atoms with Gasteiger partial charge in [0.05, 0.1) is 0 Å². The van der Waals surface area contributed by atoms with Gasteiger partial charge in [-0.1, -0.05) is 33.6 Å². The Bertz CT molecular complexity index is 373. The highest BCUT2D eigenvalue weighted by Crippen LogP contribution is 2.34. The van der Waals surface area contributed by atoms with E-state index in [9.17, 15) is 14.7 Å². The molecule has 3 unspecified atom stereocenters. The maximum atomic E-state index is 12.5. The Kier molecular flexibility index (Phi) is 6.49. The SMILES string of the molecule is CCCC1(C(=O)O)CCCN1C(=O)NC(C)CC(C)CC. The lowest BCUT2D eigenvalue weighted by molar-refractivity contribution is -0.148. The van der Waals surface area contributed by atoms with Crippen molar-refractivity contribution in [1.29, 1.82) is 0 Å². The van der Waals surface area contributed by atoms with Crippen molar-refractivity contribution in [3.63, 3.8) is 0 Å². The topological polar surface area (TPSA) is 69.6 Å². The van der Waals surface area contributed by atoms with Crippen molar-refractivity contribution in [2.45, 2.75) is 77.8 Å². The Hall–Kier alpha value is -1.26. The lowest BCUT2D eigenvalue weighted by Crippen LogP contribution is -2.57. The van der Waals surface area contributed by atoms with E-state index in [0.29, 0.717) is 25.3 Å². The van der Waals surface area contributed by atoms with Crippen molar-refractivity contribution in [3.05, 3.63) is 0 Å². The van der Waals surface area contributed by atoms with Gasteiger partial charge >= 0.3 is 12.0 Å². The zero-order valence-electron chi connectivity index (χ0n) is 13.8. The summed E-state index contributed by atoms with van der Waals surface area (Å²) in [6.45, 7) is 8.79. The van der Waals surface area contributed by atoms with Gasteiger partial charge in [0.25, 0.3) is 0 Å². The minimum atomic E-state index is -1.01. The normalized spacial score (nSPS) is 24.7. The van der Waals surface area contributed by atoms with E-state index in [2.05, 4.69) is 19.2 Å². The van der Waals surface area contributed by atoms with Gasteiger partial charge in [0.15, 0.2) is 0 Å². The molecule has 1 rings (SSSR count). The molecule has 5 nitrogen and oxygen atoms in total. The molecule has 0 bridgehead atoms. The molecule has 2 N–H and O–H groups in total. The minimum absolute atomic E-state index is 0.0705. The standard InChI is InChI=1S/C16H30N2O3/c1-5-8-16(14(19)20)9-7-10-18(16)15(21)17-13(4)11-12(3)6-2/h12-13H,5-11H2,1-4H3,(H,17,21)(H,19,20). The number of carbonyl (C=O) groups is 2. The highest BCUT2D eigenvalue weighted by atomic mass is 16.4. The van der Waals surface area contributed by atoms with E-state index in [4.69, 9.17) is 0 Å². The third-order valence-corrected chi connectivity index (χ3v) is 4.62. The van der Waals surface area contributed by atoms with E-state index >= 15 is 0 Å². The van der Waals surface area contributed by atoms with Crippen LogP contribution in [-0.4, -0.2) is 40.1 Å². The fourth-order valence-corrected chi connectivity index (χ4v) is 3.30. The number of carboxylic acid groups (broad SMARTS) is 1. The molecule has 1 saturated heterocycles. The minimum Gasteiger partial charge on any atom is -0.479 e. The Labute approximate surface area is 128 Å². The fourth-order valence-electron chi connectivity index (χ4n) is 3.30. The van der Waals surface area contributed by atoms with Gasteiger partial charge in [0.2, 0.25) is 0 Å². The molecule has 0 aromatic heterocycles. The molecule has 1 aliphatic rings. The molecule has 0 aromatic carbocycles. The first-order valence-corrected chi connectivity index (χ1v) is 8.18. The molecule has 5 heteroatoms. The van der Waals surface area contributed by atoms with Crippen LogP contribution < -0.4 is 5.32 Å². The average molecular weight is 298 g/mol. The first kappa shape index (κ1) is 17.8. The first-order chi connectivity index (χ1) is 9.87. The second kappa shape index (κ2) is 7.66. The summed E-state index contributed by atoms with van der Waals surface area (Å²) in [6.07, 6.45) is 4.61. The highest BCUT2D eigenvalue weighted by Gasteiger charge is 2.49. The summed E-state index contributed by atoms with van der Waals surface area (Å²) in [7, 11) is 0. The molecule has 1 aliphatic heterocycles. The Morgan fingerprint density at radius 1 is 1.33 bits per heavy atom. The summed E-state index contributed by atoms with van der Waals surface area (Å²) in [5.41, 5.74) is -1.01. The number of rotatable bonds is 7. The average Bonchev–Trinajstić information content (AvgIpc) is 2.83. The number of hydrogen-bond acceptors (Lipinski definition) is 2. The van der Waals surface area contributed by atoms with Crippen LogP contribution in [0, 0.1) is 5.92 Å². The maximum absolute atomic E-state index is 12.5. The first-order valence-electron chi connectivity index (χ1n) is 8.18. The van der Waals surface area contributed by atoms with Crippen LogP contribution in [-0.2, 0) is 4.79 Å². The number of urea groups is 1. The monoisotopic (exact) mass is 298 g/mol. The van der Waals surface area contributed by atoms with Crippen LogP contribution in [0.1, 0.15) is 66.2 Å². The van der Waals surface area contributed by atoms with E-state index in [1.54, 1.807) is 4.90 Å². The van der Waals surface area contributed by atoms with Crippen LogP contribution in [0.2, 0.25) is 0 Å². The summed E-state index contributed by atoms with van der Waals surface area (Å²) in [5, 5.41) is 12.6. The molecule has 0 spiro atoms. The number of carbonyl (C=O) groups excluding carboxylic acids is 1. The quantitative estimate of drug-likeness (QED) is 0.758. The number of amides is 2. The predicted octanol–water partition coefficient (Wildman–Crippen LogP) is 3.24. The largest absolute Gasteiger partial charge is 0.479 e. The van der Waals surface area contributed by atoms with Gasteiger partial charge in [0, 0.05) is 12.6 Å². The van der Waals surface area contributed by atoms with Gasteiger partial charge in [-0.15, -0.1) is 0 Å². The lowest BCUT2D eigenvalue weighted by Gasteiger charge is -2.35. The van der Waals surface area contributed by atoms with Crippen LogP contribution in [0.4, 0.5) is 4.79 Å². The zero-order chi connectivity index (χ0) is 16.0. The van der Waals surface area contributed by atoms with Crippen LogP contribution in [0.5, 0.6) is 0 Å². The molecule has 0 radical (unpaired) electrons. The summed E-state index contributed by atoms with van der Waals surface area (Å²) >= 11 is 0. The van der Waals surface area contributed by atoms with Crippen molar-refractivity contribution in [1.82, 2.24) is 10.2 Å². The van der Waals surface area contributed by atoms with Crippen molar-refractivity contribution in [2.24, 2.45) is 5.92 Å². The van der Waals surface area contributed by atoms with Gasteiger partial charge < -0.3 is 15.3 Å². The van der Waals surface area contributed by atoms with E-state index in [1.807, 2.05) is 13.8 Å². The second-order valence-corrected chi connectivity index (χ2v) is 6.44. The molecule has 0 aliphatic carbocycles. The van der Waals surface area contributed by atoms with Gasteiger partial charge in [-0.3, -0.25) is 0 Å². The smallest absolute Gasteiger partial charge is 0.329 e. The van der Waals surface area contributed by atoms with Crippen LogP contribution in [0.15, 0.2) is 0 Å². The van der Waals surface area contributed by atoms with Crippen molar-refractivity contribution < 1.29 is 14.7 Å². The van der Waals surface area contributed by atoms with Crippen molar-refractivity contribution in [2.75, 3.05) is 6.54 Å². The third kappa shape index (κ3) is 4.11. The van der Waals surface area contributed by atoms with E-state index < -0.39 is 11.5 Å². The molecular formula is C16H30N2O3. The van der Waals surface area contributed by atoms with Gasteiger partial charge in [-0.05, 0) is 38.5 Å². The molecule has 0 saturated carbocycles. The molecule has 21 heavy (non-hydrogen) atoms. The van der Waals surface area contributed by atoms with Crippen molar-refractivity contribution in [3.8, 4) is 0 Å².